The molecule has 0 fully saturated rings. The lowest BCUT2D eigenvalue weighted by molar-refractivity contribution is 0.0506. The second-order valence-electron chi connectivity index (χ2n) is 4.22. The minimum Gasteiger partial charge on any atom is -0.460 e. The smallest absolute Gasteiger partial charge is 0.374 e. The van der Waals surface area contributed by atoms with Gasteiger partial charge in [-0.25, -0.2) is 9.78 Å². The number of imidazole rings is 1. The van der Waals surface area contributed by atoms with Crippen molar-refractivity contribution in [3.05, 3.63) is 53.6 Å². The van der Waals surface area contributed by atoms with Crippen molar-refractivity contribution in [2.24, 2.45) is 0 Å². The van der Waals surface area contributed by atoms with Crippen molar-refractivity contribution in [1.82, 2.24) is 9.55 Å². The summed E-state index contributed by atoms with van der Waals surface area (Å²) in [4.78, 5) is 16.1. The first-order valence-electron chi connectivity index (χ1n) is 6.51. The first-order chi connectivity index (χ1) is 9.26. The van der Waals surface area contributed by atoms with Gasteiger partial charge in [0.25, 0.3) is 0 Å². The number of esters is 1. The van der Waals surface area contributed by atoms with E-state index in [2.05, 4.69) is 4.98 Å². The maximum absolute atomic E-state index is 11.9. The second kappa shape index (κ2) is 6.18. The highest BCUT2D eigenvalue weighted by Crippen LogP contribution is 2.12. The molecular formula is C15H18N2O2. The molecule has 1 aromatic carbocycles. The summed E-state index contributed by atoms with van der Waals surface area (Å²) in [6.07, 6.45) is 2.58. The first kappa shape index (κ1) is 13.3. The van der Waals surface area contributed by atoms with E-state index in [-0.39, 0.29) is 5.97 Å². The molecule has 0 N–H and O–H groups in total. The molecule has 0 saturated carbocycles. The molecule has 0 aliphatic rings. The molecule has 0 spiro atoms. The van der Waals surface area contributed by atoms with Gasteiger partial charge in [-0.05, 0) is 18.9 Å². The normalized spacial score (nSPS) is 10.4. The van der Waals surface area contributed by atoms with Crippen LogP contribution >= 0.6 is 0 Å². The zero-order valence-electron chi connectivity index (χ0n) is 11.3. The average molecular weight is 258 g/mol. The molecular weight excluding hydrogens is 240 g/mol. The van der Waals surface area contributed by atoms with Crippen LogP contribution in [0.3, 0.4) is 0 Å². The summed E-state index contributed by atoms with van der Waals surface area (Å²) in [5, 5.41) is 0. The van der Waals surface area contributed by atoms with E-state index in [0.29, 0.717) is 19.0 Å². The summed E-state index contributed by atoms with van der Waals surface area (Å²) >= 11 is 0. The van der Waals surface area contributed by atoms with Crippen LogP contribution < -0.4 is 0 Å². The Bertz CT molecular complexity index is 547. The number of rotatable bonds is 5. The number of carbonyl (C=O) groups is 1. The Kier molecular flexibility index (Phi) is 4.34. The molecule has 0 saturated heterocycles. The number of hydrogen-bond acceptors (Lipinski definition) is 3. The summed E-state index contributed by atoms with van der Waals surface area (Å²) in [5.41, 5.74) is 2.17. The van der Waals surface area contributed by atoms with Gasteiger partial charge >= 0.3 is 5.97 Å². The molecule has 0 amide bonds. The zero-order valence-corrected chi connectivity index (χ0v) is 11.3. The summed E-state index contributed by atoms with van der Waals surface area (Å²) in [6, 6.07) is 10.0. The molecule has 4 heteroatoms. The van der Waals surface area contributed by atoms with E-state index in [1.807, 2.05) is 41.8 Å². The largest absolute Gasteiger partial charge is 0.460 e. The standard InChI is InChI=1S/C15H18N2O2/c1-3-13-10-16-14(15(18)19-4-2)17(13)11-12-8-6-5-7-9-12/h5-10H,3-4,11H2,1-2H3. The topological polar surface area (TPSA) is 44.1 Å². The van der Waals surface area contributed by atoms with Gasteiger partial charge in [-0.3, -0.25) is 0 Å². The Hall–Kier alpha value is -2.10. The summed E-state index contributed by atoms with van der Waals surface area (Å²) in [6.45, 7) is 4.84. The fourth-order valence-electron chi connectivity index (χ4n) is 1.99. The molecule has 1 heterocycles. The van der Waals surface area contributed by atoms with E-state index < -0.39 is 0 Å². The Morgan fingerprint density at radius 1 is 1.26 bits per heavy atom. The summed E-state index contributed by atoms with van der Waals surface area (Å²) in [7, 11) is 0. The third-order valence-corrected chi connectivity index (χ3v) is 2.94. The van der Waals surface area contributed by atoms with Crippen LogP contribution in [0.1, 0.15) is 35.7 Å². The molecule has 4 nitrogen and oxygen atoms in total. The fourth-order valence-corrected chi connectivity index (χ4v) is 1.99. The highest BCUT2D eigenvalue weighted by molar-refractivity contribution is 5.85. The summed E-state index contributed by atoms with van der Waals surface area (Å²) in [5.74, 6) is 0.0145. The van der Waals surface area contributed by atoms with E-state index in [0.717, 1.165) is 17.7 Å². The van der Waals surface area contributed by atoms with Crippen LogP contribution in [0.15, 0.2) is 36.5 Å². The van der Waals surface area contributed by atoms with Crippen LogP contribution in [0.2, 0.25) is 0 Å². The fraction of sp³-hybridized carbons (Fsp3) is 0.333. The Morgan fingerprint density at radius 2 is 2.00 bits per heavy atom. The highest BCUT2D eigenvalue weighted by Gasteiger charge is 2.17. The van der Waals surface area contributed by atoms with Gasteiger partial charge in [-0.15, -0.1) is 0 Å². The molecule has 0 aliphatic heterocycles. The van der Waals surface area contributed by atoms with Gasteiger partial charge in [0.1, 0.15) is 0 Å². The number of aromatic nitrogens is 2. The predicted molar refractivity (Wildman–Crippen MR) is 73.1 cm³/mol. The van der Waals surface area contributed by atoms with E-state index in [9.17, 15) is 4.79 Å². The Morgan fingerprint density at radius 3 is 2.63 bits per heavy atom. The number of aryl methyl sites for hydroxylation is 1. The molecule has 2 aromatic rings. The van der Waals surface area contributed by atoms with Crippen molar-refractivity contribution >= 4 is 5.97 Å². The lowest BCUT2D eigenvalue weighted by atomic mass is 10.2. The van der Waals surface area contributed by atoms with Crippen molar-refractivity contribution in [2.45, 2.75) is 26.8 Å². The van der Waals surface area contributed by atoms with E-state index in [4.69, 9.17) is 4.74 Å². The Labute approximate surface area is 113 Å². The van der Waals surface area contributed by atoms with Crippen molar-refractivity contribution in [2.75, 3.05) is 6.61 Å². The SMILES string of the molecule is CCOC(=O)c1ncc(CC)n1Cc1ccccc1. The van der Waals surface area contributed by atoms with Crippen LogP contribution in [0.5, 0.6) is 0 Å². The molecule has 0 unspecified atom stereocenters. The van der Waals surface area contributed by atoms with Crippen molar-refractivity contribution in [1.29, 1.82) is 0 Å². The molecule has 100 valence electrons. The van der Waals surface area contributed by atoms with Crippen molar-refractivity contribution in [3.8, 4) is 0 Å². The van der Waals surface area contributed by atoms with E-state index in [1.54, 1.807) is 13.1 Å². The van der Waals surface area contributed by atoms with Gasteiger partial charge in [0.05, 0.1) is 6.61 Å². The van der Waals surface area contributed by atoms with Crippen LogP contribution in [0.25, 0.3) is 0 Å². The predicted octanol–water partition coefficient (Wildman–Crippen LogP) is 2.67. The third-order valence-electron chi connectivity index (χ3n) is 2.94. The number of hydrogen-bond donors (Lipinski definition) is 0. The molecule has 0 radical (unpaired) electrons. The minimum absolute atomic E-state index is 0.360. The van der Waals surface area contributed by atoms with Gasteiger partial charge in [-0.2, -0.15) is 0 Å². The van der Waals surface area contributed by atoms with Gasteiger partial charge in [-0.1, -0.05) is 37.3 Å². The number of carbonyl (C=O) groups excluding carboxylic acids is 1. The molecule has 1 aromatic heterocycles. The zero-order chi connectivity index (χ0) is 13.7. The number of ether oxygens (including phenoxy) is 1. The minimum atomic E-state index is -0.363. The average Bonchev–Trinajstić information content (AvgIpc) is 2.83. The van der Waals surface area contributed by atoms with Gasteiger partial charge in [0, 0.05) is 18.4 Å². The number of nitrogens with zero attached hydrogens (tertiary/aromatic N) is 2. The van der Waals surface area contributed by atoms with E-state index in [1.165, 1.54) is 0 Å². The maximum atomic E-state index is 11.9. The second-order valence-corrected chi connectivity index (χ2v) is 4.22. The van der Waals surface area contributed by atoms with E-state index >= 15 is 0 Å². The molecule has 2 rings (SSSR count). The van der Waals surface area contributed by atoms with Crippen LogP contribution in [-0.4, -0.2) is 22.1 Å². The molecule has 0 bridgehead atoms. The Balaban J connectivity index is 2.31. The molecule has 0 atom stereocenters. The van der Waals surface area contributed by atoms with Crippen LogP contribution in [0, 0.1) is 0 Å². The van der Waals surface area contributed by atoms with Gasteiger partial charge in [0.2, 0.25) is 5.82 Å². The van der Waals surface area contributed by atoms with Crippen molar-refractivity contribution < 1.29 is 9.53 Å². The first-order valence-corrected chi connectivity index (χ1v) is 6.51. The van der Waals surface area contributed by atoms with Crippen LogP contribution in [-0.2, 0) is 17.7 Å². The summed E-state index contributed by atoms with van der Waals surface area (Å²) < 4.78 is 6.97. The highest BCUT2D eigenvalue weighted by atomic mass is 16.5. The molecule has 0 aliphatic carbocycles. The number of benzene rings is 1. The van der Waals surface area contributed by atoms with Gasteiger partial charge < -0.3 is 9.30 Å². The monoisotopic (exact) mass is 258 g/mol. The lowest BCUT2D eigenvalue weighted by Gasteiger charge is -2.10. The maximum Gasteiger partial charge on any atom is 0.374 e. The lowest BCUT2D eigenvalue weighted by Crippen LogP contribution is -2.15. The molecule has 19 heavy (non-hydrogen) atoms. The third kappa shape index (κ3) is 3.02. The quantitative estimate of drug-likeness (QED) is 0.774. The van der Waals surface area contributed by atoms with Crippen molar-refractivity contribution in [3.63, 3.8) is 0 Å². The van der Waals surface area contributed by atoms with Crippen LogP contribution in [0.4, 0.5) is 0 Å². The van der Waals surface area contributed by atoms with Gasteiger partial charge in [0.15, 0.2) is 0 Å².